The Hall–Kier alpha value is -1.46. The molecule has 20 heavy (non-hydrogen) atoms. The van der Waals surface area contributed by atoms with E-state index in [0.29, 0.717) is 6.54 Å². The van der Waals surface area contributed by atoms with Gasteiger partial charge in [-0.1, -0.05) is 40.2 Å². The first kappa shape index (κ1) is 14.9. The lowest BCUT2D eigenvalue weighted by Gasteiger charge is -2.21. The summed E-state index contributed by atoms with van der Waals surface area (Å²) in [7, 11) is 1.72. The molecule has 2 aromatic carbocycles. The van der Waals surface area contributed by atoms with Crippen LogP contribution in [0.4, 0.5) is 14.5 Å². The molecule has 2 rings (SSSR count). The highest BCUT2D eigenvalue weighted by Crippen LogP contribution is 2.26. The van der Waals surface area contributed by atoms with Gasteiger partial charge in [-0.05, 0) is 17.7 Å². The first-order valence-electron chi connectivity index (χ1n) is 6.16. The smallest absolute Gasteiger partial charge is 0.182 e. The lowest BCUT2D eigenvalue weighted by Crippen LogP contribution is -2.19. The Bertz CT molecular complexity index is 617. The predicted octanol–water partition coefficient (Wildman–Crippen LogP) is 3.82. The van der Waals surface area contributed by atoms with Crippen LogP contribution >= 0.6 is 15.9 Å². The number of rotatable bonds is 4. The van der Waals surface area contributed by atoms with Gasteiger partial charge in [-0.2, -0.15) is 0 Å². The third-order valence-corrected chi connectivity index (χ3v) is 3.91. The number of anilines is 1. The van der Waals surface area contributed by atoms with Crippen molar-refractivity contribution in [3.63, 3.8) is 0 Å². The highest BCUT2D eigenvalue weighted by molar-refractivity contribution is 9.10. The fourth-order valence-electron chi connectivity index (χ4n) is 2.00. The summed E-state index contributed by atoms with van der Waals surface area (Å²) in [6.07, 6.45) is 0. The highest BCUT2D eigenvalue weighted by Gasteiger charge is 2.16. The molecule has 0 aliphatic heterocycles. The van der Waals surface area contributed by atoms with E-state index in [1.807, 2.05) is 24.3 Å². The maximum absolute atomic E-state index is 14.0. The quantitative estimate of drug-likeness (QED) is 0.916. The lowest BCUT2D eigenvalue weighted by atomic mass is 10.1. The van der Waals surface area contributed by atoms with Gasteiger partial charge in [0, 0.05) is 30.2 Å². The molecule has 0 radical (unpaired) electrons. The zero-order valence-electron chi connectivity index (χ0n) is 11.0. The van der Waals surface area contributed by atoms with E-state index in [1.54, 1.807) is 18.0 Å². The van der Waals surface area contributed by atoms with Crippen LogP contribution in [0, 0.1) is 11.6 Å². The zero-order valence-corrected chi connectivity index (χ0v) is 12.6. The van der Waals surface area contributed by atoms with Gasteiger partial charge in [-0.25, -0.2) is 8.78 Å². The van der Waals surface area contributed by atoms with E-state index in [9.17, 15) is 8.78 Å². The second kappa shape index (κ2) is 6.33. The molecule has 0 amide bonds. The molecule has 0 saturated carbocycles. The number of hydrogen-bond donors (Lipinski definition) is 1. The third kappa shape index (κ3) is 2.99. The minimum atomic E-state index is -0.871. The van der Waals surface area contributed by atoms with Gasteiger partial charge < -0.3 is 10.6 Å². The Labute approximate surface area is 125 Å². The molecule has 0 fully saturated rings. The Morgan fingerprint density at radius 2 is 1.75 bits per heavy atom. The summed E-state index contributed by atoms with van der Waals surface area (Å²) < 4.78 is 28.7. The normalized spacial score (nSPS) is 10.7. The lowest BCUT2D eigenvalue weighted by molar-refractivity contribution is 0.498. The van der Waals surface area contributed by atoms with Crippen molar-refractivity contribution in [1.82, 2.24) is 0 Å². The van der Waals surface area contributed by atoms with Crippen molar-refractivity contribution in [2.24, 2.45) is 5.73 Å². The van der Waals surface area contributed by atoms with Crippen LogP contribution < -0.4 is 10.6 Å². The summed E-state index contributed by atoms with van der Waals surface area (Å²) in [5.74, 6) is -1.73. The number of nitrogens with two attached hydrogens (primary N) is 1. The Kier molecular flexibility index (Phi) is 4.73. The van der Waals surface area contributed by atoms with Gasteiger partial charge >= 0.3 is 0 Å². The molecule has 0 atom stereocenters. The number of benzene rings is 2. The van der Waals surface area contributed by atoms with Crippen LogP contribution in [-0.2, 0) is 13.1 Å². The molecule has 0 bridgehead atoms. The van der Waals surface area contributed by atoms with Crippen molar-refractivity contribution in [2.75, 3.05) is 11.9 Å². The maximum Gasteiger partial charge on any atom is 0.182 e. The molecule has 106 valence electrons. The van der Waals surface area contributed by atoms with Gasteiger partial charge in [0.2, 0.25) is 0 Å². The predicted molar refractivity (Wildman–Crippen MR) is 80.5 cm³/mol. The fourth-order valence-corrected chi connectivity index (χ4v) is 2.41. The van der Waals surface area contributed by atoms with Crippen LogP contribution in [0.2, 0.25) is 0 Å². The van der Waals surface area contributed by atoms with Crippen LogP contribution in [0.3, 0.4) is 0 Å². The van der Waals surface area contributed by atoms with Gasteiger partial charge in [0.1, 0.15) is 0 Å². The molecule has 0 saturated heterocycles. The van der Waals surface area contributed by atoms with Crippen LogP contribution in [0.1, 0.15) is 11.1 Å². The van der Waals surface area contributed by atoms with Gasteiger partial charge in [-0.15, -0.1) is 0 Å². The highest BCUT2D eigenvalue weighted by atomic mass is 79.9. The second-order valence-corrected chi connectivity index (χ2v) is 5.38. The molecule has 2 N–H and O–H groups in total. The molecule has 2 nitrogen and oxygen atoms in total. The van der Waals surface area contributed by atoms with Gasteiger partial charge in [0.25, 0.3) is 0 Å². The minimum absolute atomic E-state index is 0.0169. The molecule has 0 aromatic heterocycles. The van der Waals surface area contributed by atoms with Crippen molar-refractivity contribution in [2.45, 2.75) is 13.1 Å². The molecule has 2 aromatic rings. The molecular weight excluding hydrogens is 326 g/mol. The SMILES string of the molecule is CN(Cc1ccccc1Br)c1ccc(CN)c(F)c1F. The Morgan fingerprint density at radius 1 is 1.05 bits per heavy atom. The largest absolute Gasteiger partial charge is 0.368 e. The summed E-state index contributed by atoms with van der Waals surface area (Å²) in [6, 6.07) is 10.7. The van der Waals surface area contributed by atoms with Gasteiger partial charge in [0.15, 0.2) is 11.6 Å². The summed E-state index contributed by atoms with van der Waals surface area (Å²) >= 11 is 3.44. The van der Waals surface area contributed by atoms with E-state index in [-0.39, 0.29) is 17.8 Å². The van der Waals surface area contributed by atoms with E-state index < -0.39 is 11.6 Å². The average Bonchev–Trinajstić information content (AvgIpc) is 2.44. The van der Waals surface area contributed by atoms with Gasteiger partial charge in [0.05, 0.1) is 5.69 Å². The first-order chi connectivity index (χ1) is 9.54. The molecule has 0 aliphatic rings. The van der Waals surface area contributed by atoms with Crippen LogP contribution in [0.5, 0.6) is 0 Å². The summed E-state index contributed by atoms with van der Waals surface area (Å²) in [4.78, 5) is 1.67. The van der Waals surface area contributed by atoms with E-state index in [0.717, 1.165) is 10.0 Å². The van der Waals surface area contributed by atoms with Crippen molar-refractivity contribution < 1.29 is 8.78 Å². The monoisotopic (exact) mass is 340 g/mol. The molecular formula is C15H15BrF2N2. The third-order valence-electron chi connectivity index (χ3n) is 3.14. The van der Waals surface area contributed by atoms with Crippen molar-refractivity contribution in [3.8, 4) is 0 Å². The molecule has 0 spiro atoms. The van der Waals surface area contributed by atoms with Crippen LogP contribution in [-0.4, -0.2) is 7.05 Å². The standard InChI is InChI=1S/C15H15BrF2N2/c1-20(9-11-4-2-3-5-12(11)16)13-7-6-10(8-19)14(17)15(13)18/h2-7H,8-9,19H2,1H3. The minimum Gasteiger partial charge on any atom is -0.368 e. The number of halogens is 3. The zero-order chi connectivity index (χ0) is 14.7. The molecule has 0 unspecified atom stereocenters. The van der Waals surface area contributed by atoms with E-state index in [4.69, 9.17) is 5.73 Å². The van der Waals surface area contributed by atoms with Crippen molar-refractivity contribution >= 4 is 21.6 Å². The summed E-state index contributed by atoms with van der Waals surface area (Å²) in [5, 5.41) is 0. The van der Waals surface area contributed by atoms with E-state index >= 15 is 0 Å². The molecule has 5 heteroatoms. The van der Waals surface area contributed by atoms with E-state index in [2.05, 4.69) is 15.9 Å². The maximum atomic E-state index is 14.0. The molecule has 0 aliphatic carbocycles. The molecule has 0 heterocycles. The Balaban J connectivity index is 2.28. The van der Waals surface area contributed by atoms with Crippen molar-refractivity contribution in [3.05, 3.63) is 63.6 Å². The van der Waals surface area contributed by atoms with Crippen LogP contribution in [0.15, 0.2) is 40.9 Å². The first-order valence-corrected chi connectivity index (χ1v) is 6.95. The average molecular weight is 341 g/mol. The second-order valence-electron chi connectivity index (χ2n) is 4.52. The summed E-state index contributed by atoms with van der Waals surface area (Å²) in [6.45, 7) is 0.455. The number of nitrogens with zero attached hydrogens (tertiary/aromatic N) is 1. The fraction of sp³-hybridized carbons (Fsp3) is 0.200. The topological polar surface area (TPSA) is 29.3 Å². The number of hydrogen-bond acceptors (Lipinski definition) is 2. The van der Waals surface area contributed by atoms with Crippen LogP contribution in [0.25, 0.3) is 0 Å². The summed E-state index contributed by atoms with van der Waals surface area (Å²) in [5.41, 5.74) is 6.76. The Morgan fingerprint density at radius 3 is 2.40 bits per heavy atom. The van der Waals surface area contributed by atoms with E-state index in [1.165, 1.54) is 6.07 Å². The van der Waals surface area contributed by atoms with Crippen molar-refractivity contribution in [1.29, 1.82) is 0 Å². The van der Waals surface area contributed by atoms with Gasteiger partial charge in [-0.3, -0.25) is 0 Å².